The molecule has 0 bridgehead atoms. The molecule has 0 unspecified atom stereocenters. The Morgan fingerprint density at radius 3 is 2.53 bits per heavy atom. The SMILES string of the molecule is O=C(O)Cc1cc(I)c(C(F)F)c(I)n1. The fourth-order valence-electron chi connectivity index (χ4n) is 0.981. The van der Waals surface area contributed by atoms with E-state index in [-0.39, 0.29) is 15.7 Å². The van der Waals surface area contributed by atoms with Gasteiger partial charge in [-0.05, 0) is 51.2 Å². The van der Waals surface area contributed by atoms with Crippen LogP contribution >= 0.6 is 45.2 Å². The lowest BCUT2D eigenvalue weighted by Gasteiger charge is -2.07. The lowest BCUT2D eigenvalue weighted by Crippen LogP contribution is -2.06. The fraction of sp³-hybridized carbons (Fsp3) is 0.250. The van der Waals surface area contributed by atoms with Crippen LogP contribution in [-0.4, -0.2) is 16.1 Å². The van der Waals surface area contributed by atoms with Gasteiger partial charge in [0.25, 0.3) is 6.43 Å². The summed E-state index contributed by atoms with van der Waals surface area (Å²) in [5.41, 5.74) is 0.158. The van der Waals surface area contributed by atoms with E-state index in [0.717, 1.165) is 0 Å². The molecule has 15 heavy (non-hydrogen) atoms. The fourth-order valence-corrected chi connectivity index (χ4v) is 3.18. The lowest BCUT2D eigenvalue weighted by atomic mass is 10.2. The van der Waals surface area contributed by atoms with Gasteiger partial charge in [0.1, 0.15) is 3.70 Å². The highest BCUT2D eigenvalue weighted by Crippen LogP contribution is 2.28. The van der Waals surface area contributed by atoms with Crippen molar-refractivity contribution in [3.8, 4) is 0 Å². The van der Waals surface area contributed by atoms with Gasteiger partial charge in [0.2, 0.25) is 0 Å². The number of halogens is 4. The number of alkyl halides is 2. The van der Waals surface area contributed by atoms with Crippen molar-refractivity contribution in [1.29, 1.82) is 0 Å². The summed E-state index contributed by atoms with van der Waals surface area (Å²) >= 11 is 3.44. The van der Waals surface area contributed by atoms with Gasteiger partial charge in [0.15, 0.2) is 0 Å². The van der Waals surface area contributed by atoms with Crippen molar-refractivity contribution in [2.45, 2.75) is 12.8 Å². The third kappa shape index (κ3) is 3.47. The summed E-state index contributed by atoms with van der Waals surface area (Å²) in [5.74, 6) is -1.03. The number of nitrogens with zero attached hydrogens (tertiary/aromatic N) is 1. The first-order valence-electron chi connectivity index (χ1n) is 3.76. The Morgan fingerprint density at radius 1 is 1.53 bits per heavy atom. The third-order valence-corrected chi connectivity index (χ3v) is 3.28. The van der Waals surface area contributed by atoms with E-state index in [2.05, 4.69) is 4.98 Å². The van der Waals surface area contributed by atoms with Crippen LogP contribution in [0.4, 0.5) is 8.78 Å². The second kappa shape index (κ2) is 5.32. The van der Waals surface area contributed by atoms with E-state index >= 15 is 0 Å². The molecular formula is C8H5F2I2NO2. The van der Waals surface area contributed by atoms with Crippen molar-refractivity contribution in [1.82, 2.24) is 4.98 Å². The maximum atomic E-state index is 12.5. The highest BCUT2D eigenvalue weighted by molar-refractivity contribution is 14.1. The second-order valence-corrected chi connectivity index (χ2v) is 4.86. The van der Waals surface area contributed by atoms with Gasteiger partial charge < -0.3 is 5.11 Å². The normalized spacial score (nSPS) is 10.7. The number of aliphatic carboxylic acids is 1. The topological polar surface area (TPSA) is 50.2 Å². The Balaban J connectivity index is 3.13. The van der Waals surface area contributed by atoms with E-state index in [1.54, 1.807) is 45.2 Å². The number of aromatic nitrogens is 1. The average Bonchev–Trinajstić information content (AvgIpc) is 1.99. The predicted octanol–water partition coefficient (Wildman–Crippen LogP) is 2.86. The molecule has 0 fully saturated rings. The minimum atomic E-state index is -2.59. The Morgan fingerprint density at radius 2 is 2.13 bits per heavy atom. The van der Waals surface area contributed by atoms with Gasteiger partial charge in [-0.2, -0.15) is 0 Å². The van der Waals surface area contributed by atoms with Crippen molar-refractivity contribution < 1.29 is 18.7 Å². The van der Waals surface area contributed by atoms with Crippen molar-refractivity contribution in [3.05, 3.63) is 24.6 Å². The number of hydrogen-bond acceptors (Lipinski definition) is 2. The van der Waals surface area contributed by atoms with Crippen LogP contribution in [0.25, 0.3) is 0 Å². The summed E-state index contributed by atoms with van der Waals surface area (Å²) in [6, 6.07) is 1.37. The molecule has 1 N–H and O–H groups in total. The van der Waals surface area contributed by atoms with E-state index in [1.165, 1.54) is 6.07 Å². The smallest absolute Gasteiger partial charge is 0.309 e. The number of carboxylic acid groups (broad SMARTS) is 1. The quantitative estimate of drug-likeness (QED) is 0.583. The summed E-state index contributed by atoms with van der Waals surface area (Å²) in [7, 11) is 0. The Kier molecular flexibility index (Phi) is 4.62. The van der Waals surface area contributed by atoms with Crippen LogP contribution in [0.2, 0.25) is 0 Å². The van der Waals surface area contributed by atoms with E-state index in [9.17, 15) is 13.6 Å². The second-order valence-electron chi connectivity index (χ2n) is 2.67. The van der Waals surface area contributed by atoms with Gasteiger partial charge in [-0.25, -0.2) is 13.8 Å². The van der Waals surface area contributed by atoms with Crippen LogP contribution in [0.1, 0.15) is 17.7 Å². The van der Waals surface area contributed by atoms with Crippen molar-refractivity contribution >= 4 is 51.2 Å². The molecule has 0 radical (unpaired) electrons. The number of hydrogen-bond donors (Lipinski definition) is 1. The Hall–Kier alpha value is -0.0600. The molecule has 0 spiro atoms. The zero-order chi connectivity index (χ0) is 11.6. The largest absolute Gasteiger partial charge is 0.481 e. The van der Waals surface area contributed by atoms with Gasteiger partial charge in [0, 0.05) is 3.57 Å². The molecule has 0 aliphatic heterocycles. The maximum absolute atomic E-state index is 12.5. The van der Waals surface area contributed by atoms with E-state index < -0.39 is 12.4 Å². The molecule has 1 aromatic rings. The van der Waals surface area contributed by atoms with Crippen LogP contribution in [0.5, 0.6) is 0 Å². The number of rotatable bonds is 3. The summed E-state index contributed by atoms with van der Waals surface area (Å²) in [5, 5.41) is 8.53. The summed E-state index contributed by atoms with van der Waals surface area (Å²) in [6.45, 7) is 0. The monoisotopic (exact) mass is 439 g/mol. The van der Waals surface area contributed by atoms with Crippen molar-refractivity contribution in [3.63, 3.8) is 0 Å². The first-order chi connectivity index (χ1) is 6.91. The van der Waals surface area contributed by atoms with E-state index in [0.29, 0.717) is 9.26 Å². The molecule has 0 amide bonds. The first kappa shape index (κ1) is 13.0. The average molecular weight is 439 g/mol. The van der Waals surface area contributed by atoms with Crippen LogP contribution < -0.4 is 0 Å². The van der Waals surface area contributed by atoms with Crippen molar-refractivity contribution in [2.24, 2.45) is 0 Å². The molecule has 0 aliphatic carbocycles. The maximum Gasteiger partial charge on any atom is 0.309 e. The molecule has 0 aliphatic rings. The number of carbonyl (C=O) groups is 1. The molecule has 82 valence electrons. The molecule has 1 aromatic heterocycles. The molecule has 1 rings (SSSR count). The third-order valence-electron chi connectivity index (χ3n) is 1.57. The molecule has 0 aromatic carbocycles. The first-order valence-corrected chi connectivity index (χ1v) is 5.92. The molecule has 0 atom stereocenters. The minimum Gasteiger partial charge on any atom is -0.481 e. The van der Waals surface area contributed by atoms with Gasteiger partial charge in [-0.15, -0.1) is 0 Å². The minimum absolute atomic E-state index is 0.134. The number of pyridine rings is 1. The Labute approximate surface area is 112 Å². The van der Waals surface area contributed by atoms with E-state index in [1.807, 2.05) is 0 Å². The molecule has 1 heterocycles. The van der Waals surface area contributed by atoms with Crippen LogP contribution in [0, 0.1) is 7.27 Å². The van der Waals surface area contributed by atoms with Gasteiger partial charge in [-0.3, -0.25) is 4.79 Å². The number of carboxylic acids is 1. The standard InChI is InChI=1S/C8H5F2I2NO2/c9-7(10)6-4(11)1-3(2-5(14)15)13-8(6)12/h1,7H,2H2,(H,14,15). The van der Waals surface area contributed by atoms with Crippen LogP contribution in [0.15, 0.2) is 6.07 Å². The molecule has 0 saturated carbocycles. The van der Waals surface area contributed by atoms with Crippen molar-refractivity contribution in [2.75, 3.05) is 0 Å². The summed E-state index contributed by atoms with van der Waals surface area (Å²) in [4.78, 5) is 14.2. The van der Waals surface area contributed by atoms with Crippen LogP contribution in [-0.2, 0) is 11.2 Å². The summed E-state index contributed by atoms with van der Waals surface area (Å²) in [6.07, 6.45) is -2.84. The van der Waals surface area contributed by atoms with Crippen LogP contribution in [0.3, 0.4) is 0 Å². The van der Waals surface area contributed by atoms with E-state index in [4.69, 9.17) is 5.11 Å². The zero-order valence-electron chi connectivity index (χ0n) is 7.18. The highest BCUT2D eigenvalue weighted by Gasteiger charge is 2.18. The molecular weight excluding hydrogens is 434 g/mol. The highest BCUT2D eigenvalue weighted by atomic mass is 127. The Bertz CT molecular complexity index is 375. The molecule has 7 heteroatoms. The molecule has 3 nitrogen and oxygen atoms in total. The predicted molar refractivity (Wildman–Crippen MR) is 66.0 cm³/mol. The molecule has 0 saturated heterocycles. The van der Waals surface area contributed by atoms with Gasteiger partial charge in [-0.1, -0.05) is 0 Å². The summed E-state index contributed by atoms with van der Waals surface area (Å²) < 4.78 is 25.5. The lowest BCUT2D eigenvalue weighted by molar-refractivity contribution is -0.136. The zero-order valence-corrected chi connectivity index (χ0v) is 11.5. The van der Waals surface area contributed by atoms with Gasteiger partial charge in [0.05, 0.1) is 17.7 Å². The van der Waals surface area contributed by atoms with Gasteiger partial charge >= 0.3 is 5.97 Å².